The second-order valence-corrected chi connectivity index (χ2v) is 5.86. The quantitative estimate of drug-likeness (QED) is 0.887. The number of likely N-dealkylation sites (N-methyl/N-ethyl adjacent to an activating group) is 1. The molecule has 2 rings (SSSR count). The van der Waals surface area contributed by atoms with Crippen LogP contribution in [0, 0.1) is 6.92 Å². The Morgan fingerprint density at radius 3 is 2.36 bits per heavy atom. The number of rotatable bonds is 6. The number of hydrogen-bond acceptors (Lipinski definition) is 2. The lowest BCUT2D eigenvalue weighted by Crippen LogP contribution is -2.36. The average molecular weight is 296 g/mol. The summed E-state index contributed by atoms with van der Waals surface area (Å²) in [7, 11) is 1.96. The van der Waals surface area contributed by atoms with Gasteiger partial charge in [-0.1, -0.05) is 60.2 Å². The second kappa shape index (κ2) is 7.76. The SMILES string of the molecule is Cc1ccc(CN(C)CC(=O)NC(C)c2ccccc2)cc1. The molecule has 0 aliphatic rings. The lowest BCUT2D eigenvalue weighted by atomic mass is 10.1. The van der Waals surface area contributed by atoms with Crippen LogP contribution in [-0.4, -0.2) is 24.4 Å². The first kappa shape index (κ1) is 16.2. The molecule has 0 spiro atoms. The van der Waals surface area contributed by atoms with E-state index in [-0.39, 0.29) is 11.9 Å². The largest absolute Gasteiger partial charge is 0.348 e. The van der Waals surface area contributed by atoms with Crippen molar-refractivity contribution in [2.75, 3.05) is 13.6 Å². The molecule has 1 N–H and O–H groups in total. The first-order valence-corrected chi connectivity index (χ1v) is 7.63. The fraction of sp³-hybridized carbons (Fsp3) is 0.316. The van der Waals surface area contributed by atoms with Crippen molar-refractivity contribution in [1.82, 2.24) is 10.2 Å². The molecule has 0 heterocycles. The minimum absolute atomic E-state index is 0.0291. The van der Waals surface area contributed by atoms with Gasteiger partial charge in [0.25, 0.3) is 0 Å². The normalized spacial score (nSPS) is 12.2. The van der Waals surface area contributed by atoms with Crippen LogP contribution >= 0.6 is 0 Å². The van der Waals surface area contributed by atoms with Crippen molar-refractivity contribution in [3.05, 3.63) is 71.3 Å². The maximum absolute atomic E-state index is 12.1. The van der Waals surface area contributed by atoms with E-state index >= 15 is 0 Å². The van der Waals surface area contributed by atoms with Gasteiger partial charge >= 0.3 is 0 Å². The molecule has 3 nitrogen and oxygen atoms in total. The van der Waals surface area contributed by atoms with Crippen molar-refractivity contribution in [2.24, 2.45) is 0 Å². The minimum Gasteiger partial charge on any atom is -0.348 e. The van der Waals surface area contributed by atoms with Gasteiger partial charge in [0.05, 0.1) is 12.6 Å². The molecule has 0 aliphatic carbocycles. The fourth-order valence-electron chi connectivity index (χ4n) is 2.42. The van der Waals surface area contributed by atoms with Crippen LogP contribution < -0.4 is 5.32 Å². The van der Waals surface area contributed by atoms with Crippen molar-refractivity contribution in [3.8, 4) is 0 Å². The summed E-state index contributed by atoms with van der Waals surface area (Å²) in [6.07, 6.45) is 0. The van der Waals surface area contributed by atoms with E-state index in [1.54, 1.807) is 0 Å². The van der Waals surface area contributed by atoms with E-state index in [0.29, 0.717) is 6.54 Å². The Morgan fingerprint density at radius 1 is 1.09 bits per heavy atom. The van der Waals surface area contributed by atoms with Crippen LogP contribution in [0.1, 0.15) is 29.7 Å². The predicted octanol–water partition coefficient (Wildman–Crippen LogP) is 3.30. The number of benzene rings is 2. The Kier molecular flexibility index (Phi) is 5.73. The summed E-state index contributed by atoms with van der Waals surface area (Å²) in [5.41, 5.74) is 3.59. The van der Waals surface area contributed by atoms with Gasteiger partial charge in [0.1, 0.15) is 0 Å². The highest BCUT2D eigenvalue weighted by Gasteiger charge is 2.11. The van der Waals surface area contributed by atoms with Crippen LogP contribution in [0.5, 0.6) is 0 Å². The molecule has 2 aromatic carbocycles. The van der Waals surface area contributed by atoms with E-state index in [2.05, 4.69) is 36.5 Å². The molecule has 0 aliphatic heterocycles. The van der Waals surface area contributed by atoms with E-state index in [0.717, 1.165) is 12.1 Å². The molecule has 1 atom stereocenters. The summed E-state index contributed by atoms with van der Waals surface area (Å²) in [5.74, 6) is 0.0472. The summed E-state index contributed by atoms with van der Waals surface area (Å²) >= 11 is 0. The molecule has 2 aromatic rings. The molecule has 1 amide bonds. The summed E-state index contributed by atoms with van der Waals surface area (Å²) in [6, 6.07) is 18.5. The van der Waals surface area contributed by atoms with Crippen LogP contribution in [0.25, 0.3) is 0 Å². The first-order valence-electron chi connectivity index (χ1n) is 7.63. The third-order valence-corrected chi connectivity index (χ3v) is 3.66. The summed E-state index contributed by atoms with van der Waals surface area (Å²) in [5, 5.41) is 3.04. The van der Waals surface area contributed by atoms with Crippen molar-refractivity contribution < 1.29 is 4.79 Å². The number of amides is 1. The molecule has 0 saturated carbocycles. The molecule has 116 valence electrons. The van der Waals surface area contributed by atoms with Gasteiger partial charge in [0.15, 0.2) is 0 Å². The molecule has 22 heavy (non-hydrogen) atoms. The lowest BCUT2D eigenvalue weighted by Gasteiger charge is -2.19. The van der Waals surface area contributed by atoms with E-state index in [9.17, 15) is 4.79 Å². The highest BCUT2D eigenvalue weighted by Crippen LogP contribution is 2.11. The van der Waals surface area contributed by atoms with E-state index in [1.165, 1.54) is 11.1 Å². The molecule has 0 bridgehead atoms. The maximum Gasteiger partial charge on any atom is 0.234 e. The second-order valence-electron chi connectivity index (χ2n) is 5.86. The molecule has 0 fully saturated rings. The standard InChI is InChI=1S/C19H24N2O/c1-15-9-11-17(12-10-15)13-21(3)14-19(22)20-16(2)18-7-5-4-6-8-18/h4-12,16H,13-14H2,1-3H3,(H,20,22). The molecule has 3 heteroatoms. The van der Waals surface area contributed by atoms with E-state index in [1.807, 2.05) is 49.2 Å². The molecule has 0 saturated heterocycles. The summed E-state index contributed by atoms with van der Waals surface area (Å²) < 4.78 is 0. The predicted molar refractivity (Wildman–Crippen MR) is 90.5 cm³/mol. The van der Waals surface area contributed by atoms with Gasteiger partial charge < -0.3 is 5.32 Å². The average Bonchev–Trinajstić information content (AvgIpc) is 2.50. The number of nitrogens with one attached hydrogen (secondary N) is 1. The number of hydrogen-bond donors (Lipinski definition) is 1. The van der Waals surface area contributed by atoms with Crippen LogP contribution in [0.2, 0.25) is 0 Å². The zero-order valence-corrected chi connectivity index (χ0v) is 13.5. The Morgan fingerprint density at radius 2 is 1.73 bits per heavy atom. The van der Waals surface area contributed by atoms with Crippen molar-refractivity contribution in [2.45, 2.75) is 26.4 Å². The molecule has 0 aromatic heterocycles. The van der Waals surface area contributed by atoms with Gasteiger partial charge in [-0.05, 0) is 32.0 Å². The molecule has 1 unspecified atom stereocenters. The van der Waals surface area contributed by atoms with Crippen LogP contribution in [0.4, 0.5) is 0 Å². The number of nitrogens with zero attached hydrogens (tertiary/aromatic N) is 1. The highest BCUT2D eigenvalue weighted by atomic mass is 16.2. The Bertz CT molecular complexity index is 593. The zero-order chi connectivity index (χ0) is 15.9. The van der Waals surface area contributed by atoms with Crippen LogP contribution in [-0.2, 0) is 11.3 Å². The van der Waals surface area contributed by atoms with Crippen LogP contribution in [0.15, 0.2) is 54.6 Å². The monoisotopic (exact) mass is 296 g/mol. The van der Waals surface area contributed by atoms with Gasteiger partial charge in [0.2, 0.25) is 5.91 Å². The number of carbonyl (C=O) groups is 1. The van der Waals surface area contributed by atoms with Crippen molar-refractivity contribution in [1.29, 1.82) is 0 Å². The highest BCUT2D eigenvalue weighted by molar-refractivity contribution is 5.78. The minimum atomic E-state index is 0.0291. The number of carbonyl (C=O) groups excluding carboxylic acids is 1. The molecule has 0 radical (unpaired) electrons. The zero-order valence-electron chi connectivity index (χ0n) is 13.5. The van der Waals surface area contributed by atoms with Gasteiger partial charge in [-0.3, -0.25) is 9.69 Å². The molecular formula is C19H24N2O. The van der Waals surface area contributed by atoms with E-state index in [4.69, 9.17) is 0 Å². The maximum atomic E-state index is 12.1. The number of aryl methyl sites for hydroxylation is 1. The van der Waals surface area contributed by atoms with Crippen molar-refractivity contribution in [3.63, 3.8) is 0 Å². The fourth-order valence-corrected chi connectivity index (χ4v) is 2.42. The van der Waals surface area contributed by atoms with Gasteiger partial charge in [-0.25, -0.2) is 0 Å². The van der Waals surface area contributed by atoms with Crippen LogP contribution in [0.3, 0.4) is 0 Å². The Balaban J connectivity index is 1.82. The molecular weight excluding hydrogens is 272 g/mol. The Hall–Kier alpha value is -2.13. The van der Waals surface area contributed by atoms with Gasteiger partial charge in [0, 0.05) is 6.54 Å². The van der Waals surface area contributed by atoms with Gasteiger partial charge in [-0.2, -0.15) is 0 Å². The third kappa shape index (κ3) is 5.01. The van der Waals surface area contributed by atoms with E-state index < -0.39 is 0 Å². The summed E-state index contributed by atoms with van der Waals surface area (Å²) in [6.45, 7) is 5.25. The smallest absolute Gasteiger partial charge is 0.234 e. The Labute approximate surface area is 133 Å². The third-order valence-electron chi connectivity index (χ3n) is 3.66. The topological polar surface area (TPSA) is 32.3 Å². The summed E-state index contributed by atoms with van der Waals surface area (Å²) in [4.78, 5) is 14.2. The van der Waals surface area contributed by atoms with Gasteiger partial charge in [-0.15, -0.1) is 0 Å². The lowest BCUT2D eigenvalue weighted by molar-refractivity contribution is -0.122. The first-order chi connectivity index (χ1) is 10.5. The van der Waals surface area contributed by atoms with Crippen molar-refractivity contribution >= 4 is 5.91 Å².